The van der Waals surface area contributed by atoms with Crippen LogP contribution in [0.4, 0.5) is 4.39 Å². The van der Waals surface area contributed by atoms with Crippen LogP contribution in [0.2, 0.25) is 0 Å². The van der Waals surface area contributed by atoms with E-state index in [0.717, 1.165) is 19.7 Å². The molecule has 2 fully saturated rings. The normalized spacial score (nSPS) is 26.6. The third-order valence-electron chi connectivity index (χ3n) is 4.19. The largest absolute Gasteiger partial charge is 0.508 e. The number of aromatic hydroxyl groups is 1. The molecule has 0 bridgehead atoms. The second-order valence-corrected chi connectivity index (χ2v) is 5.65. The van der Waals surface area contributed by atoms with Crippen LogP contribution in [0.5, 0.6) is 5.75 Å². The Bertz CT molecular complexity index is 469. The lowest BCUT2D eigenvalue weighted by Crippen LogP contribution is -2.49. The second-order valence-electron chi connectivity index (χ2n) is 5.65. The molecular formula is C15H21FN2O2. The van der Waals surface area contributed by atoms with Crippen LogP contribution in [0.3, 0.4) is 0 Å². The van der Waals surface area contributed by atoms with Crippen molar-refractivity contribution < 1.29 is 14.2 Å². The maximum absolute atomic E-state index is 13.1. The Labute approximate surface area is 118 Å². The van der Waals surface area contributed by atoms with Crippen LogP contribution >= 0.6 is 0 Å². The van der Waals surface area contributed by atoms with Gasteiger partial charge in [-0.3, -0.25) is 4.90 Å². The number of ether oxygens (including phenoxy) is 1. The van der Waals surface area contributed by atoms with Crippen molar-refractivity contribution >= 4 is 0 Å². The van der Waals surface area contributed by atoms with Crippen LogP contribution in [0, 0.1) is 5.82 Å². The zero-order chi connectivity index (χ0) is 13.9. The average molecular weight is 280 g/mol. The van der Waals surface area contributed by atoms with Crippen molar-refractivity contribution in [3.05, 3.63) is 29.6 Å². The van der Waals surface area contributed by atoms with Gasteiger partial charge in [-0.15, -0.1) is 0 Å². The Morgan fingerprint density at radius 2 is 2.35 bits per heavy atom. The summed E-state index contributed by atoms with van der Waals surface area (Å²) in [6, 6.07) is 4.62. The fourth-order valence-electron chi connectivity index (χ4n) is 3.07. The molecule has 110 valence electrons. The third kappa shape index (κ3) is 3.11. The van der Waals surface area contributed by atoms with Crippen molar-refractivity contribution in [2.24, 2.45) is 0 Å². The third-order valence-corrected chi connectivity index (χ3v) is 4.19. The standard InChI is InChI=1S/C15H21FN2O2/c16-12-3-4-15(19)11(6-12)7-17-8-14-9-18-5-1-2-13(18)10-20-14/h3-4,6,13-14,17,19H,1-2,5,7-10H2. The van der Waals surface area contributed by atoms with Gasteiger partial charge in [0.15, 0.2) is 0 Å². The summed E-state index contributed by atoms with van der Waals surface area (Å²) < 4.78 is 18.9. The molecule has 0 aromatic heterocycles. The molecule has 20 heavy (non-hydrogen) atoms. The van der Waals surface area contributed by atoms with Gasteiger partial charge < -0.3 is 15.2 Å². The Morgan fingerprint density at radius 1 is 1.45 bits per heavy atom. The van der Waals surface area contributed by atoms with E-state index in [1.54, 1.807) is 0 Å². The molecule has 0 aliphatic carbocycles. The minimum Gasteiger partial charge on any atom is -0.508 e. The molecular weight excluding hydrogens is 259 g/mol. The van der Waals surface area contributed by atoms with Gasteiger partial charge in [-0.05, 0) is 37.6 Å². The van der Waals surface area contributed by atoms with Crippen LogP contribution in [-0.4, -0.2) is 48.4 Å². The fraction of sp³-hybridized carbons (Fsp3) is 0.600. The van der Waals surface area contributed by atoms with E-state index in [-0.39, 0.29) is 17.7 Å². The number of nitrogens with one attached hydrogen (secondary N) is 1. The number of rotatable bonds is 4. The maximum atomic E-state index is 13.1. The van der Waals surface area contributed by atoms with E-state index in [2.05, 4.69) is 10.2 Å². The molecule has 2 heterocycles. The average Bonchev–Trinajstić information content (AvgIpc) is 2.90. The van der Waals surface area contributed by atoms with E-state index in [4.69, 9.17) is 4.74 Å². The lowest BCUT2D eigenvalue weighted by molar-refractivity contribution is -0.0470. The predicted octanol–water partition coefficient (Wildman–Crippen LogP) is 1.48. The van der Waals surface area contributed by atoms with E-state index in [1.165, 1.54) is 37.6 Å². The lowest BCUT2D eigenvalue weighted by atomic mass is 10.1. The molecule has 0 spiro atoms. The van der Waals surface area contributed by atoms with E-state index < -0.39 is 0 Å². The summed E-state index contributed by atoms with van der Waals surface area (Å²) in [5.74, 6) is -0.198. The zero-order valence-electron chi connectivity index (χ0n) is 11.5. The van der Waals surface area contributed by atoms with Gasteiger partial charge in [0.05, 0.1) is 12.7 Å². The topological polar surface area (TPSA) is 44.7 Å². The number of fused-ring (bicyclic) bond motifs is 1. The lowest BCUT2D eigenvalue weighted by Gasteiger charge is -2.35. The van der Waals surface area contributed by atoms with E-state index >= 15 is 0 Å². The van der Waals surface area contributed by atoms with Gasteiger partial charge in [0.2, 0.25) is 0 Å². The van der Waals surface area contributed by atoms with Crippen LogP contribution in [0.15, 0.2) is 18.2 Å². The predicted molar refractivity (Wildman–Crippen MR) is 74.1 cm³/mol. The first-order valence-electron chi connectivity index (χ1n) is 7.26. The molecule has 0 amide bonds. The van der Waals surface area contributed by atoms with Gasteiger partial charge in [0, 0.05) is 31.2 Å². The SMILES string of the molecule is Oc1ccc(F)cc1CNCC1CN2CCCC2CO1. The van der Waals surface area contributed by atoms with Gasteiger partial charge in [-0.1, -0.05) is 0 Å². The summed E-state index contributed by atoms with van der Waals surface area (Å²) in [6.45, 7) is 4.13. The van der Waals surface area contributed by atoms with Crippen molar-refractivity contribution in [3.8, 4) is 5.75 Å². The Kier molecular flexibility index (Phi) is 4.19. The number of phenols is 1. The number of nitrogens with zero attached hydrogens (tertiary/aromatic N) is 1. The first-order valence-corrected chi connectivity index (χ1v) is 7.26. The van der Waals surface area contributed by atoms with Crippen LogP contribution < -0.4 is 5.32 Å². The van der Waals surface area contributed by atoms with Gasteiger partial charge >= 0.3 is 0 Å². The summed E-state index contributed by atoms with van der Waals surface area (Å²) in [5.41, 5.74) is 0.583. The minimum atomic E-state index is -0.326. The molecule has 3 rings (SSSR count). The van der Waals surface area contributed by atoms with Crippen molar-refractivity contribution in [1.82, 2.24) is 10.2 Å². The molecule has 0 radical (unpaired) electrons. The number of morpholine rings is 1. The van der Waals surface area contributed by atoms with Gasteiger partial charge in [0.25, 0.3) is 0 Å². The van der Waals surface area contributed by atoms with Crippen LogP contribution in [0.1, 0.15) is 18.4 Å². The number of benzene rings is 1. The van der Waals surface area contributed by atoms with E-state index in [9.17, 15) is 9.50 Å². The molecule has 1 aromatic carbocycles. The smallest absolute Gasteiger partial charge is 0.123 e. The van der Waals surface area contributed by atoms with Crippen molar-refractivity contribution in [3.63, 3.8) is 0 Å². The van der Waals surface area contributed by atoms with Crippen molar-refractivity contribution in [2.45, 2.75) is 31.5 Å². The summed E-state index contributed by atoms with van der Waals surface area (Å²) in [4.78, 5) is 2.50. The van der Waals surface area contributed by atoms with Crippen LogP contribution in [0.25, 0.3) is 0 Å². The number of hydrogen-bond acceptors (Lipinski definition) is 4. The van der Waals surface area contributed by atoms with Crippen molar-refractivity contribution in [2.75, 3.05) is 26.2 Å². The quantitative estimate of drug-likeness (QED) is 0.877. The molecule has 5 heteroatoms. The number of halogens is 1. The van der Waals surface area contributed by atoms with E-state index in [0.29, 0.717) is 18.2 Å². The highest BCUT2D eigenvalue weighted by Gasteiger charge is 2.31. The first kappa shape index (κ1) is 13.8. The van der Waals surface area contributed by atoms with Gasteiger partial charge in [-0.25, -0.2) is 4.39 Å². The summed E-state index contributed by atoms with van der Waals surface area (Å²) in [6.07, 6.45) is 2.70. The fourth-order valence-corrected chi connectivity index (χ4v) is 3.07. The zero-order valence-corrected chi connectivity index (χ0v) is 11.5. The summed E-state index contributed by atoms with van der Waals surface area (Å²) in [7, 11) is 0. The molecule has 2 aliphatic rings. The molecule has 2 atom stereocenters. The van der Waals surface area contributed by atoms with E-state index in [1.807, 2.05) is 0 Å². The Hall–Kier alpha value is -1.17. The van der Waals surface area contributed by atoms with Gasteiger partial charge in [0.1, 0.15) is 11.6 Å². The highest BCUT2D eigenvalue weighted by molar-refractivity contribution is 5.32. The number of hydrogen-bond donors (Lipinski definition) is 2. The number of phenolic OH excluding ortho intramolecular Hbond substituents is 1. The van der Waals surface area contributed by atoms with Crippen LogP contribution in [-0.2, 0) is 11.3 Å². The molecule has 1 aromatic rings. The molecule has 2 aliphatic heterocycles. The maximum Gasteiger partial charge on any atom is 0.123 e. The molecule has 2 unspecified atom stereocenters. The highest BCUT2D eigenvalue weighted by Crippen LogP contribution is 2.22. The Balaban J connectivity index is 1.47. The summed E-state index contributed by atoms with van der Waals surface area (Å²) in [5, 5.41) is 12.9. The monoisotopic (exact) mass is 280 g/mol. The van der Waals surface area contributed by atoms with Gasteiger partial charge in [-0.2, -0.15) is 0 Å². The minimum absolute atomic E-state index is 0.128. The molecule has 2 saturated heterocycles. The molecule has 4 nitrogen and oxygen atoms in total. The molecule has 0 saturated carbocycles. The summed E-state index contributed by atoms with van der Waals surface area (Å²) >= 11 is 0. The van der Waals surface area contributed by atoms with Crippen molar-refractivity contribution in [1.29, 1.82) is 0 Å². The molecule has 2 N–H and O–H groups in total. The second kappa shape index (κ2) is 6.08. The Morgan fingerprint density at radius 3 is 3.25 bits per heavy atom. The highest BCUT2D eigenvalue weighted by atomic mass is 19.1. The first-order chi connectivity index (χ1) is 9.72.